The molecule has 0 saturated carbocycles. The second-order valence-corrected chi connectivity index (χ2v) is 5.67. The van der Waals surface area contributed by atoms with E-state index in [1.165, 1.54) is 17.2 Å². The molecule has 0 fully saturated rings. The van der Waals surface area contributed by atoms with Crippen LogP contribution < -0.4 is 5.32 Å². The Bertz CT molecular complexity index is 564. The van der Waals surface area contributed by atoms with E-state index in [2.05, 4.69) is 43.4 Å². The Morgan fingerprint density at radius 3 is 2.35 bits per heavy atom. The summed E-state index contributed by atoms with van der Waals surface area (Å²) >= 11 is 5.73. The number of halogens is 2. The van der Waals surface area contributed by atoms with Crippen LogP contribution in [-0.2, 0) is 13.1 Å². The third-order valence-corrected chi connectivity index (χ3v) is 3.54. The number of benzene rings is 2. The maximum absolute atomic E-state index is 13.6. The van der Waals surface area contributed by atoms with Crippen LogP contribution in [-0.4, -0.2) is 0 Å². The summed E-state index contributed by atoms with van der Waals surface area (Å²) in [6.07, 6.45) is 0. The average Bonchev–Trinajstić information content (AvgIpc) is 2.42. The van der Waals surface area contributed by atoms with E-state index in [1.54, 1.807) is 12.1 Å². The molecule has 2 aromatic carbocycles. The van der Waals surface area contributed by atoms with E-state index >= 15 is 0 Å². The molecule has 1 nitrogen and oxygen atoms in total. The zero-order chi connectivity index (χ0) is 14.5. The predicted octanol–water partition coefficient (Wildman–Crippen LogP) is 4.89. The van der Waals surface area contributed by atoms with Crippen LogP contribution in [0, 0.1) is 5.82 Å². The van der Waals surface area contributed by atoms with Crippen molar-refractivity contribution in [2.45, 2.75) is 32.9 Å². The largest absolute Gasteiger partial charge is 0.309 e. The second kappa shape index (κ2) is 6.87. The summed E-state index contributed by atoms with van der Waals surface area (Å²) in [6, 6.07) is 13.3. The lowest BCUT2D eigenvalue weighted by Crippen LogP contribution is -2.13. The maximum atomic E-state index is 13.6. The van der Waals surface area contributed by atoms with Gasteiger partial charge in [0, 0.05) is 23.7 Å². The molecule has 2 aromatic rings. The number of hydrogen-bond acceptors (Lipinski definition) is 1. The Hall–Kier alpha value is -1.38. The molecule has 20 heavy (non-hydrogen) atoms. The van der Waals surface area contributed by atoms with E-state index in [9.17, 15) is 4.39 Å². The summed E-state index contributed by atoms with van der Waals surface area (Å²) < 4.78 is 13.6. The van der Waals surface area contributed by atoms with Gasteiger partial charge in [-0.15, -0.1) is 0 Å². The third-order valence-electron chi connectivity index (χ3n) is 3.31. The van der Waals surface area contributed by atoms with Gasteiger partial charge in [-0.2, -0.15) is 0 Å². The molecule has 3 heteroatoms. The fourth-order valence-electron chi connectivity index (χ4n) is 2.03. The van der Waals surface area contributed by atoms with Gasteiger partial charge in [-0.1, -0.05) is 55.8 Å². The van der Waals surface area contributed by atoms with Gasteiger partial charge < -0.3 is 5.32 Å². The summed E-state index contributed by atoms with van der Waals surface area (Å²) in [5.41, 5.74) is 3.16. The van der Waals surface area contributed by atoms with E-state index in [0.29, 0.717) is 23.0 Å². The standard InChI is InChI=1S/C17H19ClFN/c1-12(2)14-5-3-13(4-6-14)10-20-11-15-7-8-16(18)9-17(15)19/h3-9,12,20H,10-11H2,1-2H3. The summed E-state index contributed by atoms with van der Waals surface area (Å²) in [5.74, 6) is 0.278. The van der Waals surface area contributed by atoms with E-state index in [4.69, 9.17) is 11.6 Å². The van der Waals surface area contributed by atoms with Crippen molar-refractivity contribution in [3.63, 3.8) is 0 Å². The Kier molecular flexibility index (Phi) is 5.16. The van der Waals surface area contributed by atoms with Crippen LogP contribution in [0.1, 0.15) is 36.5 Å². The van der Waals surface area contributed by atoms with Crippen LogP contribution in [0.25, 0.3) is 0 Å². The van der Waals surface area contributed by atoms with Crippen LogP contribution in [0.4, 0.5) is 4.39 Å². The molecule has 0 saturated heterocycles. The Labute approximate surface area is 124 Å². The first-order valence-corrected chi connectivity index (χ1v) is 7.17. The number of nitrogens with one attached hydrogen (secondary N) is 1. The summed E-state index contributed by atoms with van der Waals surface area (Å²) in [6.45, 7) is 5.57. The van der Waals surface area contributed by atoms with Crippen molar-refractivity contribution in [1.82, 2.24) is 5.32 Å². The van der Waals surface area contributed by atoms with Crippen molar-refractivity contribution in [2.75, 3.05) is 0 Å². The monoisotopic (exact) mass is 291 g/mol. The van der Waals surface area contributed by atoms with Crippen LogP contribution >= 0.6 is 11.6 Å². The van der Waals surface area contributed by atoms with Crippen LogP contribution in [0.5, 0.6) is 0 Å². The van der Waals surface area contributed by atoms with Gasteiger partial charge in [-0.05, 0) is 29.2 Å². The maximum Gasteiger partial charge on any atom is 0.129 e. The van der Waals surface area contributed by atoms with Gasteiger partial charge in [0.1, 0.15) is 5.82 Å². The minimum absolute atomic E-state index is 0.264. The highest BCUT2D eigenvalue weighted by atomic mass is 35.5. The zero-order valence-corrected chi connectivity index (χ0v) is 12.5. The average molecular weight is 292 g/mol. The minimum Gasteiger partial charge on any atom is -0.309 e. The molecule has 0 aliphatic carbocycles. The second-order valence-electron chi connectivity index (χ2n) is 5.24. The fourth-order valence-corrected chi connectivity index (χ4v) is 2.19. The molecular weight excluding hydrogens is 273 g/mol. The van der Waals surface area contributed by atoms with Crippen LogP contribution in [0.3, 0.4) is 0 Å². The van der Waals surface area contributed by atoms with Crippen molar-refractivity contribution >= 4 is 11.6 Å². The molecular formula is C17H19ClFN. The minimum atomic E-state index is -0.264. The van der Waals surface area contributed by atoms with Gasteiger partial charge in [0.2, 0.25) is 0 Å². The van der Waals surface area contributed by atoms with Crippen molar-refractivity contribution in [3.05, 3.63) is 70.0 Å². The molecule has 0 aliphatic rings. The molecule has 0 aromatic heterocycles. The molecule has 0 aliphatic heterocycles. The van der Waals surface area contributed by atoms with Crippen molar-refractivity contribution in [2.24, 2.45) is 0 Å². The molecule has 106 valence electrons. The Balaban J connectivity index is 1.89. The summed E-state index contributed by atoms with van der Waals surface area (Å²) in [5, 5.41) is 3.67. The van der Waals surface area contributed by atoms with Crippen molar-refractivity contribution < 1.29 is 4.39 Å². The molecule has 0 bridgehead atoms. The van der Waals surface area contributed by atoms with Gasteiger partial charge in [0.05, 0.1) is 0 Å². The van der Waals surface area contributed by atoms with Crippen LogP contribution in [0.2, 0.25) is 5.02 Å². The molecule has 1 N–H and O–H groups in total. The molecule has 0 atom stereocenters. The highest BCUT2D eigenvalue weighted by Crippen LogP contribution is 2.16. The topological polar surface area (TPSA) is 12.0 Å². The van der Waals surface area contributed by atoms with Gasteiger partial charge in [-0.3, -0.25) is 0 Å². The first kappa shape index (κ1) is 15.0. The smallest absolute Gasteiger partial charge is 0.129 e. The molecule has 0 radical (unpaired) electrons. The fraction of sp³-hybridized carbons (Fsp3) is 0.294. The van der Waals surface area contributed by atoms with Crippen molar-refractivity contribution in [1.29, 1.82) is 0 Å². The number of rotatable bonds is 5. The lowest BCUT2D eigenvalue weighted by Gasteiger charge is -2.09. The number of hydrogen-bond donors (Lipinski definition) is 1. The van der Waals surface area contributed by atoms with Crippen LogP contribution in [0.15, 0.2) is 42.5 Å². The highest BCUT2D eigenvalue weighted by Gasteiger charge is 2.03. The van der Waals surface area contributed by atoms with E-state index in [1.807, 2.05) is 0 Å². The normalized spacial score (nSPS) is 11.1. The molecule has 0 amide bonds. The molecule has 0 heterocycles. The first-order valence-electron chi connectivity index (χ1n) is 6.79. The van der Waals surface area contributed by atoms with E-state index in [0.717, 1.165) is 6.54 Å². The lowest BCUT2D eigenvalue weighted by molar-refractivity contribution is 0.588. The predicted molar refractivity (Wildman–Crippen MR) is 82.5 cm³/mol. The van der Waals surface area contributed by atoms with Gasteiger partial charge in [-0.25, -0.2) is 4.39 Å². The lowest BCUT2D eigenvalue weighted by atomic mass is 10.0. The van der Waals surface area contributed by atoms with Gasteiger partial charge >= 0.3 is 0 Å². The molecule has 2 rings (SSSR count). The summed E-state index contributed by atoms with van der Waals surface area (Å²) in [4.78, 5) is 0. The SMILES string of the molecule is CC(C)c1ccc(CNCc2ccc(Cl)cc2F)cc1. The first-order chi connectivity index (χ1) is 9.56. The van der Waals surface area contributed by atoms with Crippen molar-refractivity contribution in [3.8, 4) is 0 Å². The Morgan fingerprint density at radius 1 is 1.05 bits per heavy atom. The molecule has 0 unspecified atom stereocenters. The van der Waals surface area contributed by atoms with E-state index < -0.39 is 0 Å². The van der Waals surface area contributed by atoms with E-state index in [-0.39, 0.29) is 5.82 Å². The summed E-state index contributed by atoms with van der Waals surface area (Å²) in [7, 11) is 0. The zero-order valence-electron chi connectivity index (χ0n) is 11.8. The van der Waals surface area contributed by atoms with Gasteiger partial charge in [0.25, 0.3) is 0 Å². The van der Waals surface area contributed by atoms with Gasteiger partial charge in [0.15, 0.2) is 0 Å². The Morgan fingerprint density at radius 2 is 1.75 bits per heavy atom. The highest BCUT2D eigenvalue weighted by molar-refractivity contribution is 6.30. The third kappa shape index (κ3) is 4.06. The molecule has 0 spiro atoms. The quantitative estimate of drug-likeness (QED) is 0.827.